The first-order chi connectivity index (χ1) is 68.0. The van der Waals surface area contributed by atoms with E-state index < -0.39 is 0 Å². The normalized spacial score (nSPS) is 12.1. The summed E-state index contributed by atoms with van der Waals surface area (Å²) in [5, 5.41) is 18.1. The van der Waals surface area contributed by atoms with Gasteiger partial charge in [-0.2, -0.15) is 0 Å². The van der Waals surface area contributed by atoms with E-state index in [2.05, 4.69) is 481 Å². The molecule has 0 radical (unpaired) electrons. The third kappa shape index (κ3) is 12.8. The molecule has 137 heavy (non-hydrogen) atoms. The number of para-hydroxylation sites is 6. The van der Waals surface area contributed by atoms with Crippen LogP contribution in [0.25, 0.3) is 263 Å². The highest BCUT2D eigenvalue weighted by molar-refractivity contribution is 7.28. The van der Waals surface area contributed by atoms with Crippen LogP contribution in [0, 0.1) is 0 Å². The van der Waals surface area contributed by atoms with Gasteiger partial charge in [0.2, 0.25) is 0 Å². The van der Waals surface area contributed by atoms with Crippen LogP contribution in [0.5, 0.6) is 0 Å². The average Bonchev–Trinajstić information content (AvgIpc) is 1.56. The van der Waals surface area contributed by atoms with Crippen molar-refractivity contribution in [2.75, 3.05) is 0 Å². The SMILES string of the molecule is c1ccc(-c2cccc3c2sc2cccc(-c4ccc(-c5cccc6c5sc5c7ccccc7n(-c7ccccc7)c65)cc4)c23)cc1.c1ccc(-n2c3ccccc3c3oc4cccc(-c5ccc(-c6ccc7c(c6)Cc6ccc8ccccc8c6-7)cc5)c4c32)cc1.c1ccc(-n2c3ccccc3c3sc4c(-c5ccc(-c6cccc7sc8c9ccccc9ccc8c67)cc5)cccc4c32)cc1. The molecule has 8 heterocycles. The quantitative estimate of drug-likeness (QED) is 0.134. The van der Waals surface area contributed by atoms with Gasteiger partial charge in [-0.15, -0.1) is 45.3 Å². The number of thiophene rings is 4. The van der Waals surface area contributed by atoms with Crippen molar-refractivity contribution < 1.29 is 4.42 Å². The summed E-state index contributed by atoms with van der Waals surface area (Å²) in [6.45, 7) is 0. The van der Waals surface area contributed by atoms with Crippen molar-refractivity contribution in [2.24, 2.45) is 0 Å². The summed E-state index contributed by atoms with van der Waals surface area (Å²) >= 11 is 7.63. The lowest BCUT2D eigenvalue weighted by molar-refractivity contribution is 0.673. The van der Waals surface area contributed by atoms with E-state index in [0.717, 1.165) is 45.1 Å². The number of nitrogens with zero attached hydrogens (tertiary/aromatic N) is 3. The zero-order chi connectivity index (χ0) is 89.9. The predicted octanol–water partition coefficient (Wildman–Crippen LogP) is 37.8. The van der Waals surface area contributed by atoms with E-state index >= 15 is 0 Å². The molecule has 8 heteroatoms. The van der Waals surface area contributed by atoms with E-state index in [4.69, 9.17) is 4.42 Å². The maximum Gasteiger partial charge on any atom is 0.161 e. The van der Waals surface area contributed by atoms with Gasteiger partial charge in [-0.1, -0.05) is 388 Å². The molecule has 640 valence electrons. The third-order valence-corrected chi connectivity index (χ3v) is 33.2. The second-order valence-electron chi connectivity index (χ2n) is 35.8. The summed E-state index contributed by atoms with van der Waals surface area (Å²) in [6.07, 6.45) is 0.981. The minimum absolute atomic E-state index is 0.905. The monoisotopic (exact) mass is 1810 g/mol. The Morgan fingerprint density at radius 1 is 0.197 bits per heavy atom. The summed E-state index contributed by atoms with van der Waals surface area (Å²) in [7, 11) is 0. The Morgan fingerprint density at radius 3 is 1.10 bits per heavy atom. The molecule has 0 amide bonds. The van der Waals surface area contributed by atoms with Gasteiger partial charge in [0.15, 0.2) is 5.58 Å². The Balaban J connectivity index is 0.000000102. The molecule has 4 nitrogen and oxygen atoms in total. The number of aromatic nitrogens is 3. The average molecular weight is 1820 g/mol. The van der Waals surface area contributed by atoms with E-state index in [1.165, 1.54) is 236 Å². The zero-order valence-corrected chi connectivity index (χ0v) is 77.3. The molecule has 30 rings (SSSR count). The maximum atomic E-state index is 6.60. The van der Waals surface area contributed by atoms with E-state index in [9.17, 15) is 0 Å². The van der Waals surface area contributed by atoms with E-state index in [1.807, 2.05) is 45.3 Å². The molecule has 0 aliphatic heterocycles. The Morgan fingerprint density at radius 2 is 0.562 bits per heavy atom. The van der Waals surface area contributed by atoms with Crippen LogP contribution in [0.3, 0.4) is 0 Å². The van der Waals surface area contributed by atoms with Crippen LogP contribution in [0.1, 0.15) is 11.1 Å². The molecular weight excluding hydrogens is 1740 g/mol. The van der Waals surface area contributed by atoms with Crippen molar-refractivity contribution >= 4 is 203 Å². The molecule has 0 fully saturated rings. The van der Waals surface area contributed by atoms with Gasteiger partial charge >= 0.3 is 0 Å². The van der Waals surface area contributed by atoms with Gasteiger partial charge in [-0.25, -0.2) is 0 Å². The molecule has 0 spiro atoms. The molecule has 0 saturated carbocycles. The molecule has 1 aliphatic rings. The van der Waals surface area contributed by atoms with Gasteiger partial charge < -0.3 is 18.1 Å². The van der Waals surface area contributed by atoms with Gasteiger partial charge in [0, 0.05) is 93.7 Å². The lowest BCUT2D eigenvalue weighted by atomic mass is 9.95. The highest BCUT2D eigenvalue weighted by Gasteiger charge is 2.28. The number of hydrogen-bond acceptors (Lipinski definition) is 5. The minimum Gasteiger partial charge on any atom is -0.454 e. The van der Waals surface area contributed by atoms with Crippen molar-refractivity contribution in [2.45, 2.75) is 6.42 Å². The second kappa shape index (κ2) is 32.1. The number of rotatable bonds is 10. The van der Waals surface area contributed by atoms with Gasteiger partial charge in [-0.3, -0.25) is 0 Å². The molecule has 0 atom stereocenters. The molecule has 0 unspecified atom stereocenters. The molecular formula is C129H79N3OS4. The second-order valence-corrected chi connectivity index (χ2v) is 40.0. The van der Waals surface area contributed by atoms with Crippen molar-refractivity contribution in [3.8, 4) is 106 Å². The number of fused-ring (bicyclic) bond motifs is 28. The molecule has 21 aromatic carbocycles. The Bertz CT molecular complexity index is 9920. The first-order valence-corrected chi connectivity index (χ1v) is 50.0. The number of furan rings is 1. The summed E-state index contributed by atoms with van der Waals surface area (Å²) in [5.41, 5.74) is 35.8. The summed E-state index contributed by atoms with van der Waals surface area (Å²) in [5.74, 6) is 0. The van der Waals surface area contributed by atoms with Crippen LogP contribution in [-0.4, -0.2) is 13.7 Å². The molecule has 8 aromatic heterocycles. The Labute approximate surface area is 804 Å². The summed E-state index contributed by atoms with van der Waals surface area (Å²) < 4.78 is 24.6. The fourth-order valence-corrected chi connectivity index (χ4v) is 27.3. The fourth-order valence-electron chi connectivity index (χ4n) is 22.1. The van der Waals surface area contributed by atoms with Crippen LogP contribution >= 0.6 is 45.3 Å². The lowest BCUT2D eigenvalue weighted by Gasteiger charge is -2.10. The first-order valence-electron chi connectivity index (χ1n) is 46.8. The Kier molecular flexibility index (Phi) is 18.5. The minimum atomic E-state index is 0.905. The summed E-state index contributed by atoms with van der Waals surface area (Å²) in [4.78, 5) is 0. The molecule has 29 aromatic rings. The predicted molar refractivity (Wildman–Crippen MR) is 590 cm³/mol. The third-order valence-electron chi connectivity index (χ3n) is 28.3. The van der Waals surface area contributed by atoms with Gasteiger partial charge in [0.05, 0.1) is 42.4 Å². The van der Waals surface area contributed by atoms with Crippen LogP contribution in [0.15, 0.2) is 472 Å². The van der Waals surface area contributed by atoms with E-state index in [-0.39, 0.29) is 0 Å². The zero-order valence-electron chi connectivity index (χ0n) is 74.0. The first kappa shape index (κ1) is 79.0. The molecule has 0 N–H and O–H groups in total. The van der Waals surface area contributed by atoms with Crippen LogP contribution in [0.2, 0.25) is 0 Å². The lowest BCUT2D eigenvalue weighted by Crippen LogP contribution is -1.93. The highest BCUT2D eigenvalue weighted by atomic mass is 32.1. The van der Waals surface area contributed by atoms with Gasteiger partial charge in [-0.05, 0) is 207 Å². The Hall–Kier alpha value is -16.6. The molecule has 0 saturated heterocycles. The number of benzene rings is 21. The van der Waals surface area contributed by atoms with Crippen LogP contribution in [-0.2, 0) is 6.42 Å². The van der Waals surface area contributed by atoms with Crippen LogP contribution < -0.4 is 0 Å². The van der Waals surface area contributed by atoms with E-state index in [0.29, 0.717) is 0 Å². The smallest absolute Gasteiger partial charge is 0.161 e. The van der Waals surface area contributed by atoms with Crippen molar-refractivity contribution in [3.63, 3.8) is 0 Å². The standard InChI is InChI=1S/C44H27NS2.C43H27NO.C42H25NS2/c1-3-12-28(13-4-1)33-18-9-20-36-40-32(17-11-23-39(40)46-42(33)36)29-24-26-30(27-25-29)34-19-10-21-37-41-44(47-43(34)37)35-16-7-8-22-38(35)45(41)31-14-5-2-6-15-31;1-2-10-33(11-3-1)44-38-15-7-6-13-37(38)43-42(44)41-35(14-8-16-39(41)45-43)29-19-17-27(18-20-29)30-23-24-36-32(25-30)26-31-22-21-28-9-4-5-12-34(28)40(31)36;1-2-11-29(12-3-1)43-36-18-7-6-14-33(36)42-39(43)35-17-8-16-32(41(35)45-42)28-22-20-27(21-23-28)30-15-9-19-37-38(30)34-25-24-26-10-4-5-13-31(26)40(34)44-37/h1-27H;1-25H,26H2;1-25H. The maximum absolute atomic E-state index is 6.60. The van der Waals surface area contributed by atoms with Gasteiger partial charge in [0.1, 0.15) is 11.1 Å². The number of hydrogen-bond donors (Lipinski definition) is 0. The van der Waals surface area contributed by atoms with Crippen molar-refractivity contribution in [1.82, 2.24) is 13.7 Å². The fraction of sp³-hybridized carbons (Fsp3) is 0.00775. The van der Waals surface area contributed by atoms with Crippen LogP contribution in [0.4, 0.5) is 0 Å². The molecule has 0 bridgehead atoms. The largest absolute Gasteiger partial charge is 0.454 e. The van der Waals surface area contributed by atoms with Crippen molar-refractivity contribution in [3.05, 3.63) is 478 Å². The summed E-state index contributed by atoms with van der Waals surface area (Å²) in [6, 6.07) is 170. The topological polar surface area (TPSA) is 27.9 Å². The van der Waals surface area contributed by atoms with Crippen molar-refractivity contribution in [1.29, 1.82) is 0 Å². The highest BCUT2D eigenvalue weighted by Crippen LogP contribution is 2.53. The molecule has 1 aliphatic carbocycles. The van der Waals surface area contributed by atoms with Gasteiger partial charge in [0.25, 0.3) is 0 Å². The van der Waals surface area contributed by atoms with E-state index in [1.54, 1.807) is 0 Å².